The molecule has 7 nitrogen and oxygen atoms in total. The van der Waals surface area contributed by atoms with Gasteiger partial charge in [0.05, 0.1) is 24.6 Å². The number of hydrogen-bond donors (Lipinski definition) is 1. The Morgan fingerprint density at radius 2 is 2.25 bits per heavy atom. The van der Waals surface area contributed by atoms with Crippen molar-refractivity contribution in [2.45, 2.75) is 31.8 Å². The highest BCUT2D eigenvalue weighted by Gasteiger charge is 2.23. The highest BCUT2D eigenvalue weighted by atomic mass is 16.5. The first-order valence-electron chi connectivity index (χ1n) is 7.97. The summed E-state index contributed by atoms with van der Waals surface area (Å²) in [7, 11) is 1.62. The lowest BCUT2D eigenvalue weighted by atomic mass is 9.91. The van der Waals surface area contributed by atoms with Crippen molar-refractivity contribution in [2.24, 2.45) is 0 Å². The number of nitrogens with one attached hydrogen (secondary N) is 1. The van der Waals surface area contributed by atoms with Gasteiger partial charge in [0.15, 0.2) is 0 Å². The lowest BCUT2D eigenvalue weighted by Crippen LogP contribution is -2.40. The minimum Gasteiger partial charge on any atom is -0.383 e. The standard InChI is InChI=1S/C17H20N4O3/c1-24-9-8-21-15-4-3-14(10-12(15)2-5-16(21)22)20-17(23)13-6-7-18-19-11-13/h2,5-7,11,14H,3-4,8-10H2,1H3,(H,20,23)/t14-/m1/s1. The van der Waals surface area contributed by atoms with Crippen LogP contribution in [-0.2, 0) is 24.1 Å². The Bertz CT molecular complexity index is 773. The Kier molecular flexibility index (Phi) is 5.00. The molecule has 0 aromatic carbocycles. The molecule has 0 saturated carbocycles. The maximum atomic E-state index is 12.2. The topological polar surface area (TPSA) is 86.1 Å². The van der Waals surface area contributed by atoms with E-state index in [0.717, 1.165) is 24.1 Å². The number of carbonyl (C=O) groups excluding carboxylic acids is 1. The molecule has 7 heteroatoms. The number of rotatable bonds is 5. The number of amides is 1. The molecule has 0 bridgehead atoms. The van der Waals surface area contributed by atoms with Crippen LogP contribution in [0.5, 0.6) is 0 Å². The maximum absolute atomic E-state index is 12.2. The molecule has 126 valence electrons. The number of pyridine rings is 1. The van der Waals surface area contributed by atoms with Crippen LogP contribution in [0, 0.1) is 0 Å². The molecule has 24 heavy (non-hydrogen) atoms. The van der Waals surface area contributed by atoms with Crippen LogP contribution in [0.15, 0.2) is 35.4 Å². The van der Waals surface area contributed by atoms with E-state index in [-0.39, 0.29) is 17.5 Å². The Balaban J connectivity index is 1.73. The first-order chi connectivity index (χ1) is 11.7. The van der Waals surface area contributed by atoms with Crippen LogP contribution in [0.1, 0.15) is 28.0 Å². The first-order valence-corrected chi connectivity index (χ1v) is 7.97. The summed E-state index contributed by atoms with van der Waals surface area (Å²) in [6.45, 7) is 1.06. The van der Waals surface area contributed by atoms with Gasteiger partial charge in [-0.05, 0) is 30.9 Å². The van der Waals surface area contributed by atoms with Crippen molar-refractivity contribution in [1.82, 2.24) is 20.1 Å². The molecule has 2 aromatic rings. The zero-order valence-corrected chi connectivity index (χ0v) is 13.6. The number of methoxy groups -OCH3 is 1. The van der Waals surface area contributed by atoms with Gasteiger partial charge in [-0.15, -0.1) is 0 Å². The van der Waals surface area contributed by atoms with Crippen LogP contribution < -0.4 is 10.9 Å². The Morgan fingerprint density at radius 1 is 1.38 bits per heavy atom. The first kappa shape index (κ1) is 16.3. The Hall–Kier alpha value is -2.54. The molecule has 1 amide bonds. The molecule has 0 unspecified atom stereocenters. The highest BCUT2D eigenvalue weighted by molar-refractivity contribution is 5.93. The van der Waals surface area contributed by atoms with E-state index < -0.39 is 0 Å². The second kappa shape index (κ2) is 7.35. The Morgan fingerprint density at radius 3 is 3.00 bits per heavy atom. The normalized spacial score (nSPS) is 16.5. The molecule has 0 fully saturated rings. The van der Waals surface area contributed by atoms with Crippen molar-refractivity contribution in [1.29, 1.82) is 0 Å². The lowest BCUT2D eigenvalue weighted by Gasteiger charge is -2.27. The molecule has 3 rings (SSSR count). The molecule has 1 atom stereocenters. The second-order valence-electron chi connectivity index (χ2n) is 5.83. The minimum absolute atomic E-state index is 0.00357. The van der Waals surface area contributed by atoms with E-state index in [9.17, 15) is 9.59 Å². The van der Waals surface area contributed by atoms with E-state index in [1.807, 2.05) is 6.07 Å². The predicted octanol–water partition coefficient (Wildman–Crippen LogP) is 0.572. The third kappa shape index (κ3) is 3.51. The number of fused-ring (bicyclic) bond motifs is 1. The summed E-state index contributed by atoms with van der Waals surface area (Å²) in [6.07, 6.45) is 5.23. The van der Waals surface area contributed by atoms with Gasteiger partial charge >= 0.3 is 0 Å². The average molecular weight is 328 g/mol. The van der Waals surface area contributed by atoms with Crippen LogP contribution in [0.3, 0.4) is 0 Å². The number of nitrogens with zero attached hydrogens (tertiary/aromatic N) is 3. The molecule has 2 aromatic heterocycles. The van der Waals surface area contributed by atoms with Crippen molar-refractivity contribution < 1.29 is 9.53 Å². The number of hydrogen-bond acceptors (Lipinski definition) is 5. The SMILES string of the molecule is COCCn1c2c(ccc1=O)C[C@H](NC(=O)c1ccnnc1)CC2. The quantitative estimate of drug-likeness (QED) is 0.867. The summed E-state index contributed by atoms with van der Waals surface area (Å²) in [4.78, 5) is 24.3. The number of carbonyl (C=O) groups is 1. The predicted molar refractivity (Wildman–Crippen MR) is 87.9 cm³/mol. The average Bonchev–Trinajstić information content (AvgIpc) is 2.61. The van der Waals surface area contributed by atoms with Gasteiger partial charge in [0, 0.05) is 31.5 Å². The Labute approximate surface area is 139 Å². The monoisotopic (exact) mass is 328 g/mol. The minimum atomic E-state index is -0.147. The smallest absolute Gasteiger partial charge is 0.253 e. The van der Waals surface area contributed by atoms with Crippen LogP contribution in [0.4, 0.5) is 0 Å². The van der Waals surface area contributed by atoms with E-state index in [1.165, 1.54) is 12.4 Å². The van der Waals surface area contributed by atoms with E-state index in [4.69, 9.17) is 4.74 Å². The third-order valence-corrected chi connectivity index (χ3v) is 4.29. The van der Waals surface area contributed by atoms with Crippen LogP contribution >= 0.6 is 0 Å². The molecule has 0 aliphatic heterocycles. The summed E-state index contributed by atoms with van der Waals surface area (Å²) in [5.41, 5.74) is 2.66. The van der Waals surface area contributed by atoms with E-state index in [2.05, 4.69) is 15.5 Å². The lowest BCUT2D eigenvalue weighted by molar-refractivity contribution is 0.0932. The van der Waals surface area contributed by atoms with Gasteiger partial charge in [0.25, 0.3) is 11.5 Å². The molecular formula is C17H20N4O3. The molecule has 2 heterocycles. The summed E-state index contributed by atoms with van der Waals surface area (Å²) in [5.74, 6) is -0.147. The van der Waals surface area contributed by atoms with Gasteiger partial charge in [0.2, 0.25) is 0 Å². The van der Waals surface area contributed by atoms with Crippen molar-refractivity contribution in [2.75, 3.05) is 13.7 Å². The van der Waals surface area contributed by atoms with Crippen molar-refractivity contribution >= 4 is 5.91 Å². The van der Waals surface area contributed by atoms with Crippen molar-refractivity contribution in [3.8, 4) is 0 Å². The highest BCUT2D eigenvalue weighted by Crippen LogP contribution is 2.20. The summed E-state index contributed by atoms with van der Waals surface area (Å²) in [6, 6.07) is 5.15. The summed E-state index contributed by atoms with van der Waals surface area (Å²) >= 11 is 0. The number of aromatic nitrogens is 3. The molecular weight excluding hydrogens is 308 g/mol. The van der Waals surface area contributed by atoms with Gasteiger partial charge in [-0.25, -0.2) is 0 Å². The molecule has 0 saturated heterocycles. The number of ether oxygens (including phenoxy) is 1. The van der Waals surface area contributed by atoms with Crippen LogP contribution in [0.2, 0.25) is 0 Å². The fraction of sp³-hybridized carbons (Fsp3) is 0.412. The van der Waals surface area contributed by atoms with E-state index in [1.54, 1.807) is 23.8 Å². The van der Waals surface area contributed by atoms with Gasteiger partial charge < -0.3 is 14.6 Å². The zero-order chi connectivity index (χ0) is 16.9. The fourth-order valence-corrected chi connectivity index (χ4v) is 3.07. The largest absolute Gasteiger partial charge is 0.383 e. The van der Waals surface area contributed by atoms with Crippen molar-refractivity contribution in [3.63, 3.8) is 0 Å². The summed E-state index contributed by atoms with van der Waals surface area (Å²) < 4.78 is 6.87. The second-order valence-corrected chi connectivity index (χ2v) is 5.83. The van der Waals surface area contributed by atoms with Crippen molar-refractivity contribution in [3.05, 3.63) is 57.8 Å². The van der Waals surface area contributed by atoms with Gasteiger partial charge in [0.1, 0.15) is 0 Å². The molecule has 0 spiro atoms. The summed E-state index contributed by atoms with van der Waals surface area (Å²) in [5, 5.41) is 10.4. The maximum Gasteiger partial charge on any atom is 0.253 e. The molecule has 1 N–H and O–H groups in total. The van der Waals surface area contributed by atoms with E-state index in [0.29, 0.717) is 25.1 Å². The van der Waals surface area contributed by atoms with E-state index >= 15 is 0 Å². The van der Waals surface area contributed by atoms with Gasteiger partial charge in [-0.3, -0.25) is 9.59 Å². The fourth-order valence-electron chi connectivity index (χ4n) is 3.07. The van der Waals surface area contributed by atoms with Crippen LogP contribution in [-0.4, -0.2) is 40.4 Å². The van der Waals surface area contributed by atoms with Gasteiger partial charge in [-0.1, -0.05) is 6.07 Å². The molecule has 1 aliphatic rings. The van der Waals surface area contributed by atoms with Gasteiger partial charge in [-0.2, -0.15) is 10.2 Å². The zero-order valence-electron chi connectivity index (χ0n) is 13.6. The molecule has 1 aliphatic carbocycles. The third-order valence-electron chi connectivity index (χ3n) is 4.29. The molecule has 0 radical (unpaired) electrons. The van der Waals surface area contributed by atoms with Crippen LogP contribution in [0.25, 0.3) is 0 Å².